The van der Waals surface area contributed by atoms with Crippen LogP contribution in [0, 0.1) is 0 Å². The molecule has 0 aromatic heterocycles. The summed E-state index contributed by atoms with van der Waals surface area (Å²) >= 11 is 1.57. The van der Waals surface area contributed by atoms with Crippen LogP contribution in [-0.2, 0) is 15.0 Å². The number of para-hydroxylation sites is 1. The molecule has 25 heavy (non-hydrogen) atoms. The topological polar surface area (TPSA) is 49.4 Å². The summed E-state index contributed by atoms with van der Waals surface area (Å²) in [5.41, 5.74) is 1.01. The summed E-state index contributed by atoms with van der Waals surface area (Å²) in [7, 11) is 1.66. The first-order valence-electron chi connectivity index (χ1n) is 8.10. The Kier molecular flexibility index (Phi) is 6.26. The van der Waals surface area contributed by atoms with Crippen molar-refractivity contribution < 1.29 is 9.59 Å². The number of rotatable bonds is 6. The predicted molar refractivity (Wildman–Crippen MR) is 104 cm³/mol. The number of amides is 2. The molecule has 2 aromatic rings. The van der Waals surface area contributed by atoms with Gasteiger partial charge in [0.05, 0.1) is 17.6 Å². The van der Waals surface area contributed by atoms with Gasteiger partial charge in [-0.2, -0.15) is 0 Å². The number of nitrogens with zero attached hydrogens (tertiary/aromatic N) is 1. The van der Waals surface area contributed by atoms with E-state index < -0.39 is 5.41 Å². The molecule has 0 aliphatic carbocycles. The fourth-order valence-corrected chi connectivity index (χ4v) is 3.23. The Labute approximate surface area is 153 Å². The van der Waals surface area contributed by atoms with Crippen LogP contribution in [0.3, 0.4) is 0 Å². The van der Waals surface area contributed by atoms with Crippen molar-refractivity contribution in [2.75, 3.05) is 25.2 Å². The van der Waals surface area contributed by atoms with Crippen LogP contribution >= 0.6 is 11.8 Å². The van der Waals surface area contributed by atoms with Crippen molar-refractivity contribution in [2.24, 2.45) is 0 Å². The molecular weight excluding hydrogens is 332 g/mol. The van der Waals surface area contributed by atoms with E-state index in [0.717, 1.165) is 16.1 Å². The maximum absolute atomic E-state index is 12.8. The molecule has 0 unspecified atom stereocenters. The van der Waals surface area contributed by atoms with E-state index in [9.17, 15) is 9.59 Å². The summed E-state index contributed by atoms with van der Waals surface area (Å²) in [6.07, 6.45) is 1.96. The summed E-state index contributed by atoms with van der Waals surface area (Å²) in [5, 5.41) is 2.88. The van der Waals surface area contributed by atoms with E-state index >= 15 is 0 Å². The number of benzene rings is 2. The van der Waals surface area contributed by atoms with Crippen LogP contribution in [0.15, 0.2) is 59.5 Å². The van der Waals surface area contributed by atoms with E-state index in [2.05, 4.69) is 5.32 Å². The van der Waals surface area contributed by atoms with Crippen molar-refractivity contribution in [3.8, 4) is 0 Å². The van der Waals surface area contributed by atoms with Gasteiger partial charge in [-0.1, -0.05) is 42.5 Å². The lowest BCUT2D eigenvalue weighted by atomic mass is 9.83. The van der Waals surface area contributed by atoms with Gasteiger partial charge in [0, 0.05) is 11.9 Å². The summed E-state index contributed by atoms with van der Waals surface area (Å²) in [5.74, 6) is -0.298. The molecule has 0 bridgehead atoms. The molecule has 0 atom stereocenters. The van der Waals surface area contributed by atoms with Crippen LogP contribution < -0.4 is 5.32 Å². The van der Waals surface area contributed by atoms with Gasteiger partial charge >= 0.3 is 0 Å². The average molecular weight is 356 g/mol. The summed E-state index contributed by atoms with van der Waals surface area (Å²) in [4.78, 5) is 27.6. The number of anilines is 1. The van der Waals surface area contributed by atoms with Gasteiger partial charge in [-0.25, -0.2) is 0 Å². The van der Waals surface area contributed by atoms with Gasteiger partial charge in [-0.3, -0.25) is 9.59 Å². The van der Waals surface area contributed by atoms with Crippen molar-refractivity contribution in [1.29, 1.82) is 0 Å². The van der Waals surface area contributed by atoms with E-state index in [-0.39, 0.29) is 18.4 Å². The highest BCUT2D eigenvalue weighted by atomic mass is 32.2. The van der Waals surface area contributed by atoms with E-state index in [4.69, 9.17) is 0 Å². The van der Waals surface area contributed by atoms with Gasteiger partial charge in [0.2, 0.25) is 11.8 Å². The molecule has 132 valence electrons. The minimum atomic E-state index is -0.687. The number of likely N-dealkylation sites (N-methyl/N-ethyl adjacent to an activating group) is 1. The third kappa shape index (κ3) is 4.63. The molecule has 2 aromatic carbocycles. The lowest BCUT2D eigenvalue weighted by molar-refractivity contribution is -0.137. The first-order valence-corrected chi connectivity index (χ1v) is 9.32. The molecular formula is C20H24N2O2S. The molecule has 1 N–H and O–H groups in total. The van der Waals surface area contributed by atoms with Crippen LogP contribution in [0.25, 0.3) is 0 Å². The monoisotopic (exact) mass is 356 g/mol. The van der Waals surface area contributed by atoms with Crippen LogP contribution in [0.5, 0.6) is 0 Å². The zero-order valence-electron chi connectivity index (χ0n) is 15.1. The lowest BCUT2D eigenvalue weighted by Gasteiger charge is -2.29. The molecule has 5 heteroatoms. The maximum atomic E-state index is 12.8. The van der Waals surface area contributed by atoms with E-state index in [1.54, 1.807) is 18.8 Å². The molecule has 4 nitrogen and oxygen atoms in total. The molecule has 0 fully saturated rings. The molecule has 0 saturated heterocycles. The number of carbonyl (C=O) groups excluding carboxylic acids is 2. The van der Waals surface area contributed by atoms with Crippen LogP contribution in [0.4, 0.5) is 5.69 Å². The van der Waals surface area contributed by atoms with Gasteiger partial charge < -0.3 is 10.2 Å². The second kappa shape index (κ2) is 8.21. The standard InChI is InChI=1S/C20H24N2O2S/c1-20(2,15-10-6-5-7-11-15)19(24)22(3)14-18(23)21-16-12-8-9-13-17(16)25-4/h5-13H,14H2,1-4H3,(H,21,23). The Hall–Kier alpha value is -2.27. The molecule has 2 amide bonds. The number of hydrogen-bond acceptors (Lipinski definition) is 3. The number of carbonyl (C=O) groups is 2. The normalized spacial score (nSPS) is 11.0. The second-order valence-corrected chi connectivity index (χ2v) is 7.25. The molecule has 0 spiro atoms. The lowest BCUT2D eigenvalue weighted by Crippen LogP contribution is -2.44. The van der Waals surface area contributed by atoms with E-state index in [1.807, 2.05) is 74.7 Å². The molecule has 0 aliphatic heterocycles. The largest absolute Gasteiger partial charge is 0.336 e. The predicted octanol–water partition coefficient (Wildman–Crippen LogP) is 3.78. The highest BCUT2D eigenvalue weighted by Crippen LogP contribution is 2.26. The van der Waals surface area contributed by atoms with Gasteiger partial charge in [-0.05, 0) is 37.8 Å². The summed E-state index contributed by atoms with van der Waals surface area (Å²) in [6.45, 7) is 3.77. The minimum Gasteiger partial charge on any atom is -0.336 e. The second-order valence-electron chi connectivity index (χ2n) is 6.40. The highest BCUT2D eigenvalue weighted by molar-refractivity contribution is 7.98. The van der Waals surface area contributed by atoms with Gasteiger partial charge in [-0.15, -0.1) is 11.8 Å². The van der Waals surface area contributed by atoms with Crippen molar-refractivity contribution >= 4 is 29.3 Å². The molecule has 0 radical (unpaired) electrons. The maximum Gasteiger partial charge on any atom is 0.244 e. The first-order chi connectivity index (χ1) is 11.9. The van der Waals surface area contributed by atoms with Crippen LogP contribution in [0.1, 0.15) is 19.4 Å². The first kappa shape index (κ1) is 19.1. The summed E-state index contributed by atoms with van der Waals surface area (Å²) < 4.78 is 0. The summed E-state index contributed by atoms with van der Waals surface area (Å²) in [6, 6.07) is 17.2. The average Bonchev–Trinajstić information content (AvgIpc) is 2.62. The minimum absolute atomic E-state index is 0.0117. The molecule has 0 saturated carbocycles. The van der Waals surface area contributed by atoms with Crippen molar-refractivity contribution in [2.45, 2.75) is 24.2 Å². The van der Waals surface area contributed by atoms with Crippen molar-refractivity contribution in [1.82, 2.24) is 4.90 Å². The highest BCUT2D eigenvalue weighted by Gasteiger charge is 2.32. The molecule has 0 aliphatic rings. The fourth-order valence-electron chi connectivity index (χ4n) is 2.68. The van der Waals surface area contributed by atoms with E-state index in [1.165, 1.54) is 4.90 Å². The number of nitrogens with one attached hydrogen (secondary N) is 1. The molecule has 2 rings (SSSR count). The fraction of sp³-hybridized carbons (Fsp3) is 0.300. The number of thioether (sulfide) groups is 1. The van der Waals surface area contributed by atoms with Gasteiger partial charge in [0.1, 0.15) is 0 Å². The van der Waals surface area contributed by atoms with Crippen LogP contribution in [-0.4, -0.2) is 36.6 Å². The Balaban J connectivity index is 2.04. The quantitative estimate of drug-likeness (QED) is 0.801. The SMILES string of the molecule is CSc1ccccc1NC(=O)CN(C)C(=O)C(C)(C)c1ccccc1. The van der Waals surface area contributed by atoms with Gasteiger partial charge in [0.25, 0.3) is 0 Å². The van der Waals surface area contributed by atoms with Crippen molar-refractivity contribution in [3.05, 3.63) is 60.2 Å². The van der Waals surface area contributed by atoms with Crippen LogP contribution in [0.2, 0.25) is 0 Å². The third-order valence-electron chi connectivity index (χ3n) is 4.14. The Morgan fingerprint density at radius 2 is 1.64 bits per heavy atom. The van der Waals surface area contributed by atoms with Crippen molar-refractivity contribution in [3.63, 3.8) is 0 Å². The Morgan fingerprint density at radius 1 is 1.04 bits per heavy atom. The van der Waals surface area contributed by atoms with E-state index in [0.29, 0.717) is 0 Å². The molecule has 0 heterocycles. The zero-order chi connectivity index (χ0) is 18.4. The van der Waals surface area contributed by atoms with Gasteiger partial charge in [0.15, 0.2) is 0 Å². The Morgan fingerprint density at radius 3 is 2.28 bits per heavy atom. The third-order valence-corrected chi connectivity index (χ3v) is 4.93. The number of hydrogen-bond donors (Lipinski definition) is 1. The smallest absolute Gasteiger partial charge is 0.244 e. The Bertz CT molecular complexity index is 744. The zero-order valence-corrected chi connectivity index (χ0v) is 15.9.